The van der Waals surface area contributed by atoms with Crippen LogP contribution in [-0.2, 0) is 28.6 Å². The molecule has 0 N–H and O–H groups in total. The summed E-state index contributed by atoms with van der Waals surface area (Å²) in [5, 5.41) is 11.6. The van der Waals surface area contributed by atoms with E-state index >= 15 is 0 Å². The van der Waals surface area contributed by atoms with E-state index in [-0.39, 0.29) is 43.1 Å². The molecular weight excluding hydrogens is 679 g/mol. The van der Waals surface area contributed by atoms with Gasteiger partial charge in [-0.3, -0.25) is 9.59 Å². The van der Waals surface area contributed by atoms with E-state index in [1.54, 1.807) is 21.1 Å². The summed E-state index contributed by atoms with van der Waals surface area (Å²) < 4.78 is 17.0. The molecule has 0 aliphatic rings. The number of hydrogen-bond acceptors (Lipinski definition) is 7. The number of hydrogen-bond donors (Lipinski definition) is 0. The van der Waals surface area contributed by atoms with E-state index in [2.05, 4.69) is 74.6 Å². The number of carboxylic acids is 1. The first-order valence-corrected chi connectivity index (χ1v) is 21.0. The zero-order valence-electron chi connectivity index (χ0n) is 34.9. The number of allylic oxidation sites excluding steroid dienone is 12. The van der Waals surface area contributed by atoms with Crippen molar-refractivity contribution in [2.24, 2.45) is 0 Å². The number of nitrogens with zero attached hydrogens (tertiary/aromatic N) is 1. The molecule has 0 aliphatic heterocycles. The van der Waals surface area contributed by atoms with Gasteiger partial charge >= 0.3 is 11.9 Å². The lowest BCUT2D eigenvalue weighted by atomic mass is 10.1. The Morgan fingerprint density at radius 1 is 0.574 bits per heavy atom. The minimum atomic E-state index is -1.14. The van der Waals surface area contributed by atoms with Gasteiger partial charge in [-0.15, -0.1) is 0 Å². The molecule has 0 fully saturated rings. The van der Waals surface area contributed by atoms with Crippen LogP contribution in [-0.4, -0.2) is 75.5 Å². The van der Waals surface area contributed by atoms with Gasteiger partial charge in [-0.1, -0.05) is 151 Å². The molecule has 0 aromatic rings. The van der Waals surface area contributed by atoms with E-state index in [1.807, 2.05) is 12.2 Å². The number of ether oxygens (including phenoxy) is 3. The lowest BCUT2D eigenvalue weighted by Crippen LogP contribution is -2.55. The average Bonchev–Trinajstić information content (AvgIpc) is 3.12. The first kappa shape index (κ1) is 50.8. The Morgan fingerprint density at radius 2 is 1.04 bits per heavy atom. The molecule has 0 aromatic heterocycles. The van der Waals surface area contributed by atoms with Gasteiger partial charge in [-0.2, -0.15) is 0 Å². The standard InChI is InChI=1S/C46H77NO7/c1-6-8-10-12-14-16-18-19-20-21-22-23-24-25-27-29-31-33-35-37-45(49)54-42(40-52-39-38-43(46(50)51)47(3,4)5)41-53-44(48)36-34-32-30-28-26-17-15-13-11-9-7-2/h8,10,14,16,19-20,22-23,25,27,31,33,42-43H,6-7,9,11-13,15,17-18,21,24,26,28-30,32,34-41H2,1-5H3/b10-8+,16-14+,20-19+,23-22+,27-25+,33-31+. The molecule has 0 bridgehead atoms. The van der Waals surface area contributed by atoms with E-state index in [1.165, 1.54) is 51.4 Å². The van der Waals surface area contributed by atoms with Crippen molar-refractivity contribution >= 4 is 17.9 Å². The fraction of sp³-hybridized carbons (Fsp3) is 0.674. The predicted molar refractivity (Wildman–Crippen MR) is 222 cm³/mol. The lowest BCUT2D eigenvalue weighted by Gasteiger charge is -2.34. The highest BCUT2D eigenvalue weighted by Gasteiger charge is 2.25. The van der Waals surface area contributed by atoms with Gasteiger partial charge < -0.3 is 28.6 Å². The van der Waals surface area contributed by atoms with Gasteiger partial charge in [0.25, 0.3) is 0 Å². The van der Waals surface area contributed by atoms with Crippen LogP contribution in [0.2, 0.25) is 0 Å². The summed E-state index contributed by atoms with van der Waals surface area (Å²) in [5.41, 5.74) is 0. The van der Waals surface area contributed by atoms with Gasteiger partial charge in [-0.05, 0) is 51.4 Å². The minimum absolute atomic E-state index is 0.00822. The summed E-state index contributed by atoms with van der Waals surface area (Å²) >= 11 is 0. The third-order valence-electron chi connectivity index (χ3n) is 8.87. The van der Waals surface area contributed by atoms with Crippen LogP contribution in [0.1, 0.15) is 149 Å². The second-order valence-electron chi connectivity index (χ2n) is 14.8. The topological polar surface area (TPSA) is 102 Å². The number of carbonyl (C=O) groups excluding carboxylic acids is 3. The van der Waals surface area contributed by atoms with E-state index in [0.29, 0.717) is 12.8 Å². The molecule has 0 saturated carbocycles. The first-order chi connectivity index (χ1) is 26.1. The van der Waals surface area contributed by atoms with Crippen LogP contribution < -0.4 is 5.11 Å². The van der Waals surface area contributed by atoms with Crippen LogP contribution in [0, 0.1) is 0 Å². The number of carbonyl (C=O) groups is 3. The fourth-order valence-electron chi connectivity index (χ4n) is 5.62. The van der Waals surface area contributed by atoms with Crippen molar-refractivity contribution in [3.63, 3.8) is 0 Å². The SMILES string of the molecule is CC/C=C/C/C=C/C/C=C/C/C=C/C/C=C/C/C=C/CCC(=O)OC(COCCC(C(=O)[O-])[N+](C)(C)C)COC(=O)CCCCCCCCCCCCC. The summed E-state index contributed by atoms with van der Waals surface area (Å²) in [6.07, 6.45) is 45.1. The van der Waals surface area contributed by atoms with Crippen LogP contribution in [0.3, 0.4) is 0 Å². The summed E-state index contributed by atoms with van der Waals surface area (Å²) in [5.74, 6) is -1.85. The zero-order valence-corrected chi connectivity index (χ0v) is 34.9. The Kier molecular flexibility index (Phi) is 34.5. The number of unbranched alkanes of at least 4 members (excludes halogenated alkanes) is 10. The molecule has 8 heteroatoms. The molecule has 0 aliphatic carbocycles. The second kappa shape index (κ2) is 36.7. The Balaban J connectivity index is 4.51. The Bertz CT molecular complexity index is 1110. The van der Waals surface area contributed by atoms with E-state index in [0.717, 1.165) is 57.8 Å². The molecule has 308 valence electrons. The van der Waals surface area contributed by atoms with Gasteiger partial charge in [0.15, 0.2) is 6.10 Å². The number of esters is 2. The molecule has 54 heavy (non-hydrogen) atoms. The van der Waals surface area contributed by atoms with Crippen molar-refractivity contribution in [3.8, 4) is 0 Å². The molecular formula is C46H77NO7. The summed E-state index contributed by atoms with van der Waals surface area (Å²) in [7, 11) is 5.37. The van der Waals surface area contributed by atoms with Crippen LogP contribution in [0.4, 0.5) is 0 Å². The van der Waals surface area contributed by atoms with E-state index in [4.69, 9.17) is 14.2 Å². The van der Waals surface area contributed by atoms with Crippen LogP contribution in [0.25, 0.3) is 0 Å². The van der Waals surface area contributed by atoms with Gasteiger partial charge in [0.2, 0.25) is 0 Å². The molecule has 0 radical (unpaired) electrons. The molecule has 0 aromatic carbocycles. The molecule has 0 heterocycles. The maximum absolute atomic E-state index is 12.7. The Hall–Kier alpha value is -3.23. The minimum Gasteiger partial charge on any atom is -0.544 e. The maximum Gasteiger partial charge on any atom is 0.306 e. The normalized spacial score (nSPS) is 13.7. The lowest BCUT2D eigenvalue weighted by molar-refractivity contribution is -0.889. The number of likely N-dealkylation sites (N-methyl/N-ethyl adjacent to an activating group) is 1. The Morgan fingerprint density at radius 3 is 1.50 bits per heavy atom. The molecule has 0 saturated heterocycles. The van der Waals surface area contributed by atoms with Crippen LogP contribution in [0.15, 0.2) is 72.9 Å². The fourth-order valence-corrected chi connectivity index (χ4v) is 5.62. The third-order valence-corrected chi connectivity index (χ3v) is 8.87. The quantitative estimate of drug-likeness (QED) is 0.0272. The monoisotopic (exact) mass is 756 g/mol. The highest BCUT2D eigenvalue weighted by atomic mass is 16.6. The largest absolute Gasteiger partial charge is 0.544 e. The van der Waals surface area contributed by atoms with Crippen molar-refractivity contribution in [1.82, 2.24) is 0 Å². The molecule has 0 rings (SSSR count). The van der Waals surface area contributed by atoms with Crippen LogP contribution in [0.5, 0.6) is 0 Å². The van der Waals surface area contributed by atoms with Crippen LogP contribution >= 0.6 is 0 Å². The van der Waals surface area contributed by atoms with Gasteiger partial charge in [0.05, 0.1) is 40.3 Å². The second-order valence-corrected chi connectivity index (χ2v) is 14.8. The summed E-state index contributed by atoms with van der Waals surface area (Å²) in [6.45, 7) is 4.44. The van der Waals surface area contributed by atoms with Gasteiger partial charge in [0.1, 0.15) is 12.6 Å². The van der Waals surface area contributed by atoms with Crippen molar-refractivity contribution in [1.29, 1.82) is 0 Å². The maximum atomic E-state index is 12.7. The highest BCUT2D eigenvalue weighted by Crippen LogP contribution is 2.13. The molecule has 0 spiro atoms. The number of aliphatic carboxylic acids is 1. The number of rotatable bonds is 36. The van der Waals surface area contributed by atoms with Crippen molar-refractivity contribution in [2.75, 3.05) is 41.0 Å². The zero-order chi connectivity index (χ0) is 40.0. The molecule has 2 atom stereocenters. The van der Waals surface area contributed by atoms with Gasteiger partial charge in [0, 0.05) is 19.3 Å². The number of carboxylic acid groups (broad SMARTS) is 1. The number of quaternary nitrogens is 1. The molecule has 0 amide bonds. The highest BCUT2D eigenvalue weighted by molar-refractivity contribution is 5.70. The molecule has 8 nitrogen and oxygen atoms in total. The summed E-state index contributed by atoms with van der Waals surface area (Å²) in [6, 6.07) is -0.740. The predicted octanol–water partition coefficient (Wildman–Crippen LogP) is 9.85. The van der Waals surface area contributed by atoms with E-state index in [9.17, 15) is 19.5 Å². The smallest absolute Gasteiger partial charge is 0.306 e. The van der Waals surface area contributed by atoms with Gasteiger partial charge in [-0.25, -0.2) is 0 Å². The Labute approximate surface area is 330 Å². The van der Waals surface area contributed by atoms with Crippen molar-refractivity contribution < 1.29 is 38.2 Å². The summed E-state index contributed by atoms with van der Waals surface area (Å²) in [4.78, 5) is 36.7. The molecule has 2 unspecified atom stereocenters. The first-order valence-electron chi connectivity index (χ1n) is 21.0. The third kappa shape index (κ3) is 34.5. The van der Waals surface area contributed by atoms with Crippen molar-refractivity contribution in [2.45, 2.75) is 161 Å². The average molecular weight is 756 g/mol. The van der Waals surface area contributed by atoms with Crippen molar-refractivity contribution in [3.05, 3.63) is 72.9 Å². The van der Waals surface area contributed by atoms with E-state index < -0.39 is 24.1 Å².